The molecule has 2 aromatic heterocycles. The number of carbonyl (C=O) groups excluding carboxylic acids is 1. The van der Waals surface area contributed by atoms with E-state index in [1.165, 1.54) is 45.6 Å². The molecule has 0 atom stereocenters. The lowest BCUT2D eigenvalue weighted by atomic mass is 10.0. The Morgan fingerprint density at radius 3 is 2.18 bits per heavy atom. The topological polar surface area (TPSA) is 124 Å². The average molecular weight is 518 g/mol. The minimum Gasteiger partial charge on any atom is -0.493 e. The van der Waals surface area contributed by atoms with Gasteiger partial charge in [-0.3, -0.25) is 0 Å². The van der Waals surface area contributed by atoms with Gasteiger partial charge in [-0.1, -0.05) is 0 Å². The maximum absolute atomic E-state index is 12.8. The third-order valence-corrected chi connectivity index (χ3v) is 5.99. The van der Waals surface area contributed by atoms with Crippen LogP contribution in [0.3, 0.4) is 0 Å². The van der Waals surface area contributed by atoms with E-state index in [2.05, 4.69) is 0 Å². The summed E-state index contributed by atoms with van der Waals surface area (Å²) in [6.45, 7) is 1.39. The number of esters is 1. The Bertz CT molecular complexity index is 1830. The van der Waals surface area contributed by atoms with Crippen LogP contribution in [0.4, 0.5) is 0 Å². The van der Waals surface area contributed by atoms with Gasteiger partial charge in [-0.15, -0.1) is 0 Å². The van der Waals surface area contributed by atoms with Gasteiger partial charge in [0.25, 0.3) is 0 Å². The lowest BCUT2D eigenvalue weighted by Crippen LogP contribution is -2.17. The molecule has 0 aliphatic heterocycles. The average Bonchev–Trinajstić information content (AvgIpc) is 2.90. The van der Waals surface area contributed by atoms with Crippen molar-refractivity contribution >= 4 is 38.7 Å². The van der Waals surface area contributed by atoms with E-state index in [0.717, 1.165) is 10.9 Å². The van der Waals surface area contributed by atoms with Gasteiger partial charge in [0.05, 0.1) is 26.7 Å². The molecule has 5 aromatic rings. The number of methoxy groups -OCH3 is 3. The zero-order valence-electron chi connectivity index (χ0n) is 20.9. The maximum atomic E-state index is 12.8. The molecular weight excluding hydrogens is 496 g/mol. The van der Waals surface area contributed by atoms with Gasteiger partial charge in [0.2, 0.25) is 5.75 Å². The zero-order chi connectivity index (χ0) is 27.0. The Hall–Kier alpha value is -4.99. The number of hydrogen-bond acceptors (Lipinski definition) is 10. The van der Waals surface area contributed by atoms with E-state index < -0.39 is 23.8 Å². The predicted molar refractivity (Wildman–Crippen MR) is 138 cm³/mol. The van der Waals surface area contributed by atoms with Gasteiger partial charge >= 0.3 is 17.2 Å². The van der Waals surface area contributed by atoms with Crippen molar-refractivity contribution in [2.45, 2.75) is 6.92 Å². The van der Waals surface area contributed by atoms with Gasteiger partial charge in [0.15, 0.2) is 18.1 Å². The van der Waals surface area contributed by atoms with Crippen LogP contribution in [-0.2, 0) is 4.79 Å². The number of fused-ring (bicyclic) bond motifs is 4. The molecule has 0 unspecified atom stereocenters. The van der Waals surface area contributed by atoms with Gasteiger partial charge in [0.1, 0.15) is 22.7 Å². The lowest BCUT2D eigenvalue weighted by Gasteiger charge is -2.15. The Morgan fingerprint density at radius 2 is 1.45 bits per heavy atom. The summed E-state index contributed by atoms with van der Waals surface area (Å²) in [6, 6.07) is 12.5. The molecule has 0 saturated carbocycles. The van der Waals surface area contributed by atoms with E-state index in [1.807, 2.05) is 0 Å². The van der Waals surface area contributed by atoms with Crippen molar-refractivity contribution in [1.82, 2.24) is 0 Å². The monoisotopic (exact) mass is 518 g/mol. The summed E-state index contributed by atoms with van der Waals surface area (Å²) >= 11 is 0. The number of aryl methyl sites for hydroxylation is 1. The zero-order valence-corrected chi connectivity index (χ0v) is 20.9. The highest BCUT2D eigenvalue weighted by molar-refractivity contribution is 6.10. The first-order valence-corrected chi connectivity index (χ1v) is 11.4. The third kappa shape index (κ3) is 4.36. The molecule has 10 heteroatoms. The molecular formula is C28H22O10. The van der Waals surface area contributed by atoms with Crippen LogP contribution >= 0.6 is 0 Å². The second-order valence-electron chi connectivity index (χ2n) is 8.28. The Kier molecular flexibility index (Phi) is 6.38. The van der Waals surface area contributed by atoms with Crippen molar-refractivity contribution in [1.29, 1.82) is 0 Å². The number of rotatable bonds is 7. The molecule has 0 N–H and O–H groups in total. The van der Waals surface area contributed by atoms with Crippen molar-refractivity contribution in [3.05, 3.63) is 74.9 Å². The summed E-state index contributed by atoms with van der Waals surface area (Å²) in [4.78, 5) is 36.9. The molecule has 0 saturated heterocycles. The molecule has 194 valence electrons. The summed E-state index contributed by atoms with van der Waals surface area (Å²) in [7, 11) is 4.38. The quantitative estimate of drug-likeness (QED) is 0.133. The van der Waals surface area contributed by atoms with Crippen molar-refractivity contribution in [3.63, 3.8) is 0 Å². The standard InChI is InChI=1S/C28H22O10/c1-14-9-23(29)37-20-10-15(5-7-17(14)20)35-13-24(30)36-16-6-8-18-21(11-16)38-28(31)19-12-22(32-2)26(33-3)27(34-4)25(18)19/h5-12H,13H2,1-4H3. The van der Waals surface area contributed by atoms with E-state index >= 15 is 0 Å². The number of ether oxygens (including phenoxy) is 5. The summed E-state index contributed by atoms with van der Waals surface area (Å²) in [5.74, 6) is 0.730. The number of carbonyl (C=O) groups is 1. The van der Waals surface area contributed by atoms with Crippen LogP contribution in [0.25, 0.3) is 32.7 Å². The maximum Gasteiger partial charge on any atom is 0.349 e. The van der Waals surface area contributed by atoms with Crippen LogP contribution < -0.4 is 34.9 Å². The summed E-state index contributed by atoms with van der Waals surface area (Å²) in [6.07, 6.45) is 0. The molecule has 38 heavy (non-hydrogen) atoms. The lowest BCUT2D eigenvalue weighted by molar-refractivity contribution is -0.136. The minimum atomic E-state index is -0.692. The van der Waals surface area contributed by atoms with E-state index in [-0.39, 0.29) is 16.7 Å². The molecule has 0 aliphatic carbocycles. The molecule has 2 heterocycles. The molecule has 0 amide bonds. The molecule has 5 rings (SSSR count). The highest BCUT2D eigenvalue weighted by atomic mass is 16.6. The summed E-state index contributed by atoms with van der Waals surface area (Å²) in [5, 5.41) is 2.01. The van der Waals surface area contributed by atoms with Crippen molar-refractivity contribution in [2.75, 3.05) is 27.9 Å². The van der Waals surface area contributed by atoms with Crippen LogP contribution in [0, 0.1) is 6.92 Å². The van der Waals surface area contributed by atoms with E-state index in [1.54, 1.807) is 31.2 Å². The van der Waals surface area contributed by atoms with Gasteiger partial charge < -0.3 is 32.5 Å². The first-order valence-electron chi connectivity index (χ1n) is 11.4. The molecule has 0 spiro atoms. The van der Waals surface area contributed by atoms with Crippen LogP contribution in [0.2, 0.25) is 0 Å². The second kappa shape index (κ2) is 9.81. The Balaban J connectivity index is 1.41. The predicted octanol–water partition coefficient (Wildman–Crippen LogP) is 4.37. The summed E-state index contributed by atoms with van der Waals surface area (Å²) in [5.41, 5.74) is 0.198. The summed E-state index contributed by atoms with van der Waals surface area (Å²) < 4.78 is 37.9. The molecule has 0 fully saturated rings. The molecule has 0 bridgehead atoms. The van der Waals surface area contributed by atoms with Gasteiger partial charge in [-0.2, -0.15) is 0 Å². The Labute approximate surface area is 214 Å². The normalized spacial score (nSPS) is 11.1. The number of benzene rings is 3. The fraction of sp³-hybridized carbons (Fsp3) is 0.179. The SMILES string of the molecule is COc1cc2c(=O)oc3cc(OC(=O)COc4ccc5c(C)cc(=O)oc5c4)ccc3c2c(OC)c1OC. The van der Waals surface area contributed by atoms with Gasteiger partial charge in [-0.05, 0) is 42.8 Å². The van der Waals surface area contributed by atoms with E-state index in [0.29, 0.717) is 39.4 Å². The fourth-order valence-electron chi connectivity index (χ4n) is 4.29. The number of hydrogen-bond donors (Lipinski definition) is 0. The first kappa shape index (κ1) is 24.7. The van der Waals surface area contributed by atoms with Crippen molar-refractivity contribution in [2.24, 2.45) is 0 Å². The van der Waals surface area contributed by atoms with Crippen LogP contribution in [0.5, 0.6) is 28.7 Å². The fourth-order valence-corrected chi connectivity index (χ4v) is 4.29. The van der Waals surface area contributed by atoms with E-state index in [9.17, 15) is 14.4 Å². The van der Waals surface area contributed by atoms with Crippen LogP contribution in [-0.4, -0.2) is 33.9 Å². The molecule has 0 radical (unpaired) electrons. The third-order valence-electron chi connectivity index (χ3n) is 5.99. The van der Waals surface area contributed by atoms with Gasteiger partial charge in [0, 0.05) is 34.4 Å². The highest BCUT2D eigenvalue weighted by Gasteiger charge is 2.21. The molecule has 0 aliphatic rings. The van der Waals surface area contributed by atoms with Crippen molar-refractivity contribution in [3.8, 4) is 28.7 Å². The highest BCUT2D eigenvalue weighted by Crippen LogP contribution is 2.45. The smallest absolute Gasteiger partial charge is 0.349 e. The van der Waals surface area contributed by atoms with Crippen LogP contribution in [0.1, 0.15) is 5.56 Å². The first-order chi connectivity index (χ1) is 18.3. The molecule has 10 nitrogen and oxygen atoms in total. The largest absolute Gasteiger partial charge is 0.493 e. The minimum absolute atomic E-state index is 0.146. The van der Waals surface area contributed by atoms with Crippen LogP contribution in [0.15, 0.2) is 67.0 Å². The Morgan fingerprint density at radius 1 is 0.763 bits per heavy atom. The van der Waals surface area contributed by atoms with Gasteiger partial charge in [-0.25, -0.2) is 14.4 Å². The van der Waals surface area contributed by atoms with E-state index in [4.69, 9.17) is 32.5 Å². The second-order valence-corrected chi connectivity index (χ2v) is 8.28. The molecule has 3 aromatic carbocycles. The van der Waals surface area contributed by atoms with Crippen molar-refractivity contribution < 1.29 is 37.3 Å².